The molecule has 0 saturated carbocycles. The van der Waals surface area contributed by atoms with Crippen molar-refractivity contribution in [3.05, 3.63) is 0 Å². The number of aliphatic hydroxyl groups excluding tert-OH is 2. The Labute approximate surface area is 311 Å². The molecule has 2 atom stereocenters. The molecule has 0 aromatic carbocycles. The molecule has 6 nitrogen and oxygen atoms in total. The smallest absolute Gasteiger partial charge is 0.332 e. The van der Waals surface area contributed by atoms with Crippen molar-refractivity contribution in [1.29, 1.82) is 0 Å². The molecule has 0 heterocycles. The van der Waals surface area contributed by atoms with Crippen molar-refractivity contribution in [3.63, 3.8) is 0 Å². The zero-order chi connectivity index (χ0) is 37.2. The van der Waals surface area contributed by atoms with Crippen LogP contribution in [0.5, 0.6) is 0 Å². The van der Waals surface area contributed by atoms with Gasteiger partial charge in [0.25, 0.3) is 0 Å². The first-order chi connectivity index (χ1) is 24.4. The number of carboxylic acids is 2. The molecule has 0 aromatic heterocycles. The first-order valence-corrected chi connectivity index (χ1v) is 22.2. The summed E-state index contributed by atoms with van der Waals surface area (Å²) in [5, 5.41) is 35.5. The molecule has 50 heavy (non-hydrogen) atoms. The summed E-state index contributed by atoms with van der Waals surface area (Å²) in [7, 11) is 0. The van der Waals surface area contributed by atoms with E-state index in [4.69, 9.17) is 20.4 Å². The van der Waals surface area contributed by atoms with Gasteiger partial charge in [-0.2, -0.15) is 0 Å². The molecule has 0 aromatic rings. The van der Waals surface area contributed by atoms with E-state index in [1.807, 2.05) is 0 Å². The number of unbranched alkanes of at least 4 members (excludes halogenated alkanes) is 34. The lowest BCUT2D eigenvalue weighted by Crippen LogP contribution is -2.18. The third kappa shape index (κ3) is 44.9. The topological polar surface area (TPSA) is 115 Å². The molecule has 0 aliphatic rings. The van der Waals surface area contributed by atoms with Crippen LogP contribution in [0.4, 0.5) is 0 Å². The summed E-state index contributed by atoms with van der Waals surface area (Å²) in [6.07, 6.45) is 46.2. The number of carboxylic acid groups (broad SMARTS) is 2. The minimum atomic E-state index is -1.17. The van der Waals surface area contributed by atoms with E-state index in [2.05, 4.69) is 13.8 Å². The molecule has 0 aliphatic carbocycles. The normalized spacial score (nSPS) is 12.4. The number of hydrogen-bond donors (Lipinski definition) is 4. The molecule has 0 spiro atoms. The molecule has 0 aliphatic heterocycles. The summed E-state index contributed by atoms with van der Waals surface area (Å²) < 4.78 is 0. The lowest BCUT2D eigenvalue weighted by molar-refractivity contribution is -0.147. The average molecular weight is 713 g/mol. The summed E-state index contributed by atoms with van der Waals surface area (Å²) in [6, 6.07) is 0. The maximum atomic E-state index is 10.5. The molecule has 2 unspecified atom stereocenters. The van der Waals surface area contributed by atoms with Crippen molar-refractivity contribution in [2.24, 2.45) is 0 Å². The molecule has 0 fully saturated rings. The predicted molar refractivity (Wildman–Crippen MR) is 214 cm³/mol. The number of aliphatic carboxylic acids is 2. The monoisotopic (exact) mass is 713 g/mol. The van der Waals surface area contributed by atoms with E-state index in [1.165, 1.54) is 205 Å². The number of carbonyl (C=O) groups is 2. The van der Waals surface area contributed by atoms with Crippen molar-refractivity contribution in [1.82, 2.24) is 0 Å². The molecular formula is C44H88O6. The Balaban J connectivity index is 0. The predicted octanol–water partition coefficient (Wildman–Crippen LogP) is 13.7. The van der Waals surface area contributed by atoms with Crippen LogP contribution < -0.4 is 0 Å². The van der Waals surface area contributed by atoms with E-state index in [0.717, 1.165) is 25.7 Å². The van der Waals surface area contributed by atoms with Gasteiger partial charge in [0.2, 0.25) is 0 Å². The summed E-state index contributed by atoms with van der Waals surface area (Å²) in [5.74, 6) is -2.18. The van der Waals surface area contributed by atoms with Gasteiger partial charge < -0.3 is 20.4 Å². The van der Waals surface area contributed by atoms with Crippen molar-refractivity contribution in [2.45, 2.75) is 270 Å². The van der Waals surface area contributed by atoms with Crippen molar-refractivity contribution >= 4 is 11.9 Å². The fourth-order valence-corrected chi connectivity index (χ4v) is 6.73. The second-order valence-electron chi connectivity index (χ2n) is 15.3. The van der Waals surface area contributed by atoms with Gasteiger partial charge in [-0.05, 0) is 12.8 Å². The standard InChI is InChI=1S/2C22H44O3/c2*1-2-3-4-5-6-7-8-9-10-11-12-13-14-15-16-17-18-19-20-21(23)22(24)25/h2*21,23H,2-20H2,1H3,(H,24,25). The van der Waals surface area contributed by atoms with E-state index < -0.39 is 24.1 Å². The van der Waals surface area contributed by atoms with E-state index in [0.29, 0.717) is 12.8 Å². The number of aliphatic hydroxyl groups is 2. The molecule has 0 saturated heterocycles. The Kier molecular flexibility index (Phi) is 44.9. The van der Waals surface area contributed by atoms with Gasteiger partial charge in [0, 0.05) is 0 Å². The van der Waals surface area contributed by atoms with Crippen molar-refractivity contribution in [3.8, 4) is 0 Å². The van der Waals surface area contributed by atoms with Crippen molar-refractivity contribution in [2.75, 3.05) is 0 Å². The van der Waals surface area contributed by atoms with Gasteiger partial charge in [-0.25, -0.2) is 9.59 Å². The summed E-state index contributed by atoms with van der Waals surface area (Å²) >= 11 is 0. The fraction of sp³-hybridized carbons (Fsp3) is 0.955. The molecule has 300 valence electrons. The highest BCUT2D eigenvalue weighted by atomic mass is 16.4. The molecular weight excluding hydrogens is 624 g/mol. The van der Waals surface area contributed by atoms with Gasteiger partial charge in [-0.15, -0.1) is 0 Å². The van der Waals surface area contributed by atoms with Crippen LogP contribution in [-0.2, 0) is 9.59 Å². The highest BCUT2D eigenvalue weighted by Crippen LogP contribution is 2.16. The summed E-state index contributed by atoms with van der Waals surface area (Å²) in [5.41, 5.74) is 0. The Morgan fingerprint density at radius 2 is 0.440 bits per heavy atom. The zero-order valence-electron chi connectivity index (χ0n) is 33.6. The van der Waals surface area contributed by atoms with Gasteiger partial charge in [0.05, 0.1) is 0 Å². The Bertz CT molecular complexity index is 613. The molecule has 0 bridgehead atoms. The van der Waals surface area contributed by atoms with Crippen LogP contribution in [0.1, 0.15) is 258 Å². The highest BCUT2D eigenvalue weighted by molar-refractivity contribution is 5.72. The van der Waals surface area contributed by atoms with E-state index in [9.17, 15) is 9.59 Å². The van der Waals surface area contributed by atoms with E-state index in [1.54, 1.807) is 0 Å². The van der Waals surface area contributed by atoms with E-state index in [-0.39, 0.29) is 0 Å². The van der Waals surface area contributed by atoms with Crippen LogP contribution in [0, 0.1) is 0 Å². The average Bonchev–Trinajstić information content (AvgIpc) is 3.10. The first kappa shape index (κ1) is 51.0. The highest BCUT2D eigenvalue weighted by Gasteiger charge is 2.12. The Hall–Kier alpha value is -1.14. The number of hydrogen-bond acceptors (Lipinski definition) is 4. The molecule has 6 heteroatoms. The molecule has 4 N–H and O–H groups in total. The molecule has 0 radical (unpaired) electrons. The Morgan fingerprint density at radius 3 is 0.580 bits per heavy atom. The fourth-order valence-electron chi connectivity index (χ4n) is 6.73. The van der Waals surface area contributed by atoms with Crippen molar-refractivity contribution < 1.29 is 30.0 Å². The second kappa shape index (κ2) is 44.0. The molecule has 0 rings (SSSR count). The van der Waals surface area contributed by atoms with Gasteiger partial charge in [-0.1, -0.05) is 245 Å². The third-order valence-corrected chi connectivity index (χ3v) is 10.2. The van der Waals surface area contributed by atoms with Crippen LogP contribution in [-0.4, -0.2) is 44.6 Å². The van der Waals surface area contributed by atoms with E-state index >= 15 is 0 Å². The van der Waals surface area contributed by atoms with Crippen LogP contribution in [0.3, 0.4) is 0 Å². The summed E-state index contributed by atoms with van der Waals surface area (Å²) in [4.78, 5) is 20.9. The summed E-state index contributed by atoms with van der Waals surface area (Å²) in [6.45, 7) is 4.55. The lowest BCUT2D eigenvalue weighted by Gasteiger charge is -2.05. The largest absolute Gasteiger partial charge is 0.479 e. The number of rotatable bonds is 40. The van der Waals surface area contributed by atoms with Gasteiger partial charge in [0.15, 0.2) is 12.2 Å². The van der Waals surface area contributed by atoms with Crippen LogP contribution >= 0.6 is 0 Å². The maximum Gasteiger partial charge on any atom is 0.332 e. The van der Waals surface area contributed by atoms with Gasteiger partial charge in [-0.3, -0.25) is 0 Å². The minimum Gasteiger partial charge on any atom is -0.479 e. The Morgan fingerprint density at radius 1 is 0.300 bits per heavy atom. The van der Waals surface area contributed by atoms with Crippen LogP contribution in [0.25, 0.3) is 0 Å². The lowest BCUT2D eigenvalue weighted by atomic mass is 10.0. The second-order valence-corrected chi connectivity index (χ2v) is 15.3. The SMILES string of the molecule is CCCCCCCCCCCCCCCCCCCCC(O)C(=O)O.CCCCCCCCCCCCCCCCCCCCC(O)C(=O)O. The minimum absolute atomic E-state index is 0.397. The first-order valence-electron chi connectivity index (χ1n) is 22.2. The zero-order valence-corrected chi connectivity index (χ0v) is 33.6. The van der Waals surface area contributed by atoms with Crippen LogP contribution in [0.15, 0.2) is 0 Å². The van der Waals surface area contributed by atoms with Crippen LogP contribution in [0.2, 0.25) is 0 Å². The maximum absolute atomic E-state index is 10.5. The molecule has 0 amide bonds. The quantitative estimate of drug-likeness (QED) is 0.0470. The van der Waals surface area contributed by atoms with Gasteiger partial charge in [0.1, 0.15) is 0 Å². The van der Waals surface area contributed by atoms with Gasteiger partial charge >= 0.3 is 11.9 Å². The third-order valence-electron chi connectivity index (χ3n) is 10.2.